The number of benzene rings is 3. The van der Waals surface area contributed by atoms with Gasteiger partial charge in [0.25, 0.3) is 0 Å². The molecule has 0 radical (unpaired) electrons. The fourth-order valence-electron chi connectivity index (χ4n) is 9.81. The monoisotopic (exact) mass is 678 g/mol. The van der Waals surface area contributed by atoms with Gasteiger partial charge >= 0.3 is 0 Å². The second-order valence-corrected chi connectivity index (χ2v) is 20.6. The van der Waals surface area contributed by atoms with Crippen LogP contribution in [0.4, 0.5) is 0 Å². The molecule has 4 aliphatic carbocycles. The molecule has 4 fully saturated rings. The predicted octanol–water partition coefficient (Wildman–Crippen LogP) is 10.5. The first kappa shape index (κ1) is 34.6. The highest BCUT2D eigenvalue weighted by Gasteiger charge is 2.41. The van der Waals surface area contributed by atoms with Gasteiger partial charge in [0.05, 0.1) is 6.04 Å². The zero-order valence-electron chi connectivity index (χ0n) is 29.4. The molecule has 3 aromatic rings. The van der Waals surface area contributed by atoms with Crippen LogP contribution in [0.2, 0.25) is 0 Å². The van der Waals surface area contributed by atoms with E-state index in [1.807, 2.05) is 0 Å². The topological polar surface area (TPSA) is 24.4 Å². The molecule has 3 aromatic carbocycles. The second kappa shape index (κ2) is 17.9. The molecule has 1 N–H and O–H groups in total. The Hall–Kier alpha value is -1.85. The third kappa shape index (κ3) is 8.71. The van der Waals surface area contributed by atoms with Crippen molar-refractivity contribution in [3.05, 3.63) is 90.5 Å². The Balaban J connectivity index is 1.08. The summed E-state index contributed by atoms with van der Waals surface area (Å²) >= 11 is 0. The second-order valence-electron chi connectivity index (χ2n) is 15.4. The van der Waals surface area contributed by atoms with Gasteiger partial charge in [0, 0.05) is 17.8 Å². The van der Waals surface area contributed by atoms with Gasteiger partial charge in [-0.1, -0.05) is 157 Å². The van der Waals surface area contributed by atoms with E-state index in [4.69, 9.17) is 4.99 Å². The van der Waals surface area contributed by atoms with E-state index in [1.165, 1.54) is 118 Å². The van der Waals surface area contributed by atoms with Crippen molar-refractivity contribution >= 4 is 38.0 Å². The Morgan fingerprint density at radius 3 is 1.77 bits per heavy atom. The van der Waals surface area contributed by atoms with Crippen LogP contribution in [0, 0.1) is 5.92 Å². The first-order valence-corrected chi connectivity index (χ1v) is 22.8. The molecule has 4 aliphatic rings. The fraction of sp³-hybridized carbons (Fsp3) is 0.568. The summed E-state index contributed by atoms with van der Waals surface area (Å²) in [4.78, 5) is 5.46. The molecule has 0 heterocycles. The highest BCUT2D eigenvalue weighted by molar-refractivity contribution is 7.80. The molecule has 4 atom stereocenters. The van der Waals surface area contributed by atoms with Crippen LogP contribution in [-0.4, -0.2) is 41.8 Å². The van der Waals surface area contributed by atoms with Gasteiger partial charge in [0.2, 0.25) is 0 Å². The van der Waals surface area contributed by atoms with E-state index < -0.39 is 7.92 Å². The van der Waals surface area contributed by atoms with Gasteiger partial charge in [-0.05, 0) is 105 Å². The molecular weight excluding hydrogens is 618 g/mol. The lowest BCUT2D eigenvalue weighted by Crippen LogP contribution is -2.46. The van der Waals surface area contributed by atoms with E-state index >= 15 is 0 Å². The maximum absolute atomic E-state index is 5.46. The average molecular weight is 679 g/mol. The van der Waals surface area contributed by atoms with Crippen molar-refractivity contribution in [3.63, 3.8) is 0 Å². The largest absolute Gasteiger partial charge is 0.312 e. The minimum Gasteiger partial charge on any atom is -0.312 e. The molecule has 4 heteroatoms. The highest BCUT2D eigenvalue weighted by atomic mass is 31.1. The predicted molar refractivity (Wildman–Crippen MR) is 213 cm³/mol. The first-order chi connectivity index (χ1) is 23.8. The van der Waals surface area contributed by atoms with Gasteiger partial charge in [-0.15, -0.1) is 0 Å². The zero-order valence-corrected chi connectivity index (χ0v) is 31.2. The van der Waals surface area contributed by atoms with Crippen LogP contribution < -0.4 is 21.2 Å². The summed E-state index contributed by atoms with van der Waals surface area (Å²) in [6, 6.07) is 32.2. The summed E-state index contributed by atoms with van der Waals surface area (Å²) in [5, 5.41) is 8.48. The Labute approximate surface area is 294 Å². The van der Waals surface area contributed by atoms with Crippen molar-refractivity contribution in [1.29, 1.82) is 0 Å². The molecule has 4 saturated carbocycles. The van der Waals surface area contributed by atoms with Crippen molar-refractivity contribution < 1.29 is 0 Å². The molecule has 7 rings (SSSR count). The van der Waals surface area contributed by atoms with E-state index in [0.717, 1.165) is 22.9 Å². The maximum Gasteiger partial charge on any atom is 0.0652 e. The number of nitrogens with zero attached hydrogens (tertiary/aromatic N) is 1. The average Bonchev–Trinajstić information content (AvgIpc) is 3.16. The molecule has 4 unspecified atom stereocenters. The summed E-state index contributed by atoms with van der Waals surface area (Å²) in [6.07, 6.45) is 28.6. The summed E-state index contributed by atoms with van der Waals surface area (Å²) < 4.78 is 0. The molecule has 0 aromatic heterocycles. The summed E-state index contributed by atoms with van der Waals surface area (Å²) in [6.45, 7) is 1.24. The zero-order chi connectivity index (χ0) is 32.4. The molecule has 0 saturated heterocycles. The van der Waals surface area contributed by atoms with E-state index in [9.17, 15) is 0 Å². The van der Waals surface area contributed by atoms with Crippen LogP contribution >= 0.6 is 15.8 Å². The van der Waals surface area contributed by atoms with Gasteiger partial charge in [-0.3, -0.25) is 4.99 Å². The van der Waals surface area contributed by atoms with Crippen LogP contribution in [-0.2, 0) is 0 Å². The van der Waals surface area contributed by atoms with Gasteiger partial charge in [0.15, 0.2) is 0 Å². The van der Waals surface area contributed by atoms with E-state index in [2.05, 4.69) is 96.5 Å². The number of hydrogen-bond acceptors (Lipinski definition) is 2. The van der Waals surface area contributed by atoms with E-state index in [-0.39, 0.29) is 7.92 Å². The molecular formula is C44H60N2P2. The van der Waals surface area contributed by atoms with E-state index in [0.29, 0.717) is 12.1 Å². The minimum absolute atomic E-state index is 0.152. The summed E-state index contributed by atoms with van der Waals surface area (Å²) in [5.41, 5.74) is 4.46. The Kier molecular flexibility index (Phi) is 12.9. The SMILES string of the molecule is C(=NC1CCCCC1NCC1CCCCC1P(C1CCCCC1)C1CCCCC1)c1ccccc1P(c1ccccc1)c1ccccc1. The third-order valence-electron chi connectivity index (χ3n) is 12.2. The van der Waals surface area contributed by atoms with Crippen LogP contribution in [0.15, 0.2) is 89.9 Å². The fourth-order valence-corrected chi connectivity index (χ4v) is 17.1. The van der Waals surface area contributed by atoms with Crippen molar-refractivity contribution in [2.75, 3.05) is 6.54 Å². The van der Waals surface area contributed by atoms with Crippen molar-refractivity contribution in [1.82, 2.24) is 5.32 Å². The summed E-state index contributed by atoms with van der Waals surface area (Å²) in [7, 11) is -0.498. The third-order valence-corrected chi connectivity index (χ3v) is 18.9. The normalized spacial score (nSPS) is 26.4. The molecule has 256 valence electrons. The van der Waals surface area contributed by atoms with Gasteiger partial charge in [0.1, 0.15) is 0 Å². The smallest absolute Gasteiger partial charge is 0.0652 e. The molecule has 0 spiro atoms. The molecule has 0 bridgehead atoms. The minimum atomic E-state index is -0.651. The van der Waals surface area contributed by atoms with Crippen LogP contribution in [0.25, 0.3) is 0 Å². The summed E-state index contributed by atoms with van der Waals surface area (Å²) in [5.74, 6) is 0.890. The standard InChI is InChI=1S/C44H60N2P2/c1-5-21-37(22-6-1)47(38-23-7-2-8-24-38)43-31-17-13-19-35(43)33-45-41-29-15-16-30-42(41)46-34-36-20-14-18-32-44(36)48(39-25-9-3-10-26-39)40-27-11-4-12-28-40/h1-2,5-8,13,17,19,21-24,31,33,36,39-42,44,46H,3-4,9-12,14-16,18,20,25-30,32,34H2. The van der Waals surface area contributed by atoms with Crippen molar-refractivity contribution in [2.24, 2.45) is 10.9 Å². The lowest BCUT2D eigenvalue weighted by molar-refractivity contribution is 0.283. The molecule has 48 heavy (non-hydrogen) atoms. The van der Waals surface area contributed by atoms with Gasteiger partial charge < -0.3 is 5.32 Å². The number of hydrogen-bond donors (Lipinski definition) is 1. The van der Waals surface area contributed by atoms with Gasteiger partial charge in [-0.2, -0.15) is 0 Å². The lowest BCUT2D eigenvalue weighted by atomic mass is 9.86. The molecule has 0 aliphatic heterocycles. The molecule has 2 nitrogen and oxygen atoms in total. The van der Waals surface area contributed by atoms with Crippen LogP contribution in [0.5, 0.6) is 0 Å². The Bertz CT molecular complexity index is 1340. The van der Waals surface area contributed by atoms with Crippen molar-refractivity contribution in [2.45, 2.75) is 145 Å². The maximum atomic E-state index is 5.46. The van der Waals surface area contributed by atoms with Crippen LogP contribution in [0.1, 0.15) is 121 Å². The quantitative estimate of drug-likeness (QED) is 0.158. The molecule has 0 amide bonds. The Morgan fingerprint density at radius 1 is 0.562 bits per heavy atom. The van der Waals surface area contributed by atoms with E-state index in [1.54, 1.807) is 25.7 Å². The lowest BCUT2D eigenvalue weighted by Gasteiger charge is -2.48. The Morgan fingerprint density at radius 2 is 1.10 bits per heavy atom. The first-order valence-electron chi connectivity index (χ1n) is 19.9. The van der Waals surface area contributed by atoms with Crippen molar-refractivity contribution in [3.8, 4) is 0 Å². The van der Waals surface area contributed by atoms with Crippen LogP contribution in [0.3, 0.4) is 0 Å². The van der Waals surface area contributed by atoms with Gasteiger partial charge in [-0.25, -0.2) is 0 Å². The number of nitrogens with one attached hydrogen (secondary N) is 1. The number of aliphatic imine (C=N–C) groups is 1. The highest BCUT2D eigenvalue weighted by Crippen LogP contribution is 2.62. The number of rotatable bonds is 11.